The molecule has 0 fully saturated rings. The fourth-order valence-corrected chi connectivity index (χ4v) is 1.97. The highest BCUT2D eigenvalue weighted by Gasteiger charge is 2.36. The normalized spacial score (nSPS) is 11.4. The lowest BCUT2D eigenvalue weighted by Crippen LogP contribution is -2.18. The second-order valence-corrected chi connectivity index (χ2v) is 5.10. The molecule has 0 saturated heterocycles. The van der Waals surface area contributed by atoms with Crippen LogP contribution in [0.4, 0.5) is 29.2 Å². The number of hydrogen-bond acceptors (Lipinski definition) is 4. The van der Waals surface area contributed by atoms with Crippen molar-refractivity contribution in [3.05, 3.63) is 41.8 Å². The predicted molar refractivity (Wildman–Crippen MR) is 81.9 cm³/mol. The second kappa shape index (κ2) is 7.46. The van der Waals surface area contributed by atoms with Gasteiger partial charge in [0.1, 0.15) is 11.4 Å². The van der Waals surface area contributed by atoms with E-state index in [9.17, 15) is 17.6 Å². The van der Waals surface area contributed by atoms with Crippen LogP contribution in [0.15, 0.2) is 30.5 Å². The Bertz CT molecular complexity index is 691. The first-order valence-corrected chi connectivity index (χ1v) is 7.40. The molecule has 130 valence electrons. The van der Waals surface area contributed by atoms with E-state index < -0.39 is 23.4 Å². The molecule has 2 rings (SSSR count). The molecule has 0 radical (unpaired) electrons. The maximum atomic E-state index is 13.8. The number of alkyl halides is 3. The highest BCUT2D eigenvalue weighted by atomic mass is 19.4. The molecule has 0 amide bonds. The van der Waals surface area contributed by atoms with E-state index in [1.807, 2.05) is 6.92 Å². The summed E-state index contributed by atoms with van der Waals surface area (Å²) in [7, 11) is 1.47. The van der Waals surface area contributed by atoms with Crippen molar-refractivity contribution in [3.63, 3.8) is 0 Å². The van der Waals surface area contributed by atoms with Crippen LogP contribution < -0.4 is 9.64 Å². The number of hydrogen-bond donors (Lipinski definition) is 0. The van der Waals surface area contributed by atoms with Gasteiger partial charge in [0, 0.05) is 13.2 Å². The highest BCUT2D eigenvalue weighted by molar-refractivity contribution is 5.57. The predicted octanol–water partition coefficient (Wildman–Crippen LogP) is 4.58. The Kier molecular flexibility index (Phi) is 5.58. The van der Waals surface area contributed by atoms with E-state index in [2.05, 4.69) is 9.97 Å². The summed E-state index contributed by atoms with van der Waals surface area (Å²) >= 11 is 0. The van der Waals surface area contributed by atoms with Gasteiger partial charge in [-0.05, 0) is 18.6 Å². The van der Waals surface area contributed by atoms with Gasteiger partial charge in [0.05, 0.1) is 12.3 Å². The first-order chi connectivity index (χ1) is 11.3. The second-order valence-electron chi connectivity index (χ2n) is 5.10. The van der Waals surface area contributed by atoms with E-state index in [1.54, 1.807) is 6.07 Å². The summed E-state index contributed by atoms with van der Waals surface area (Å²) in [6, 6.07) is 5.85. The summed E-state index contributed by atoms with van der Waals surface area (Å²) < 4.78 is 58.1. The Morgan fingerprint density at radius 2 is 1.92 bits per heavy atom. The topological polar surface area (TPSA) is 38.2 Å². The number of nitrogens with zero attached hydrogens (tertiary/aromatic N) is 3. The minimum absolute atomic E-state index is 0.0837. The van der Waals surface area contributed by atoms with Crippen molar-refractivity contribution in [2.75, 3.05) is 18.6 Å². The molecule has 0 bridgehead atoms. The van der Waals surface area contributed by atoms with Crippen LogP contribution >= 0.6 is 0 Å². The zero-order valence-corrected chi connectivity index (χ0v) is 13.3. The van der Waals surface area contributed by atoms with E-state index >= 15 is 0 Å². The number of ether oxygens (including phenoxy) is 1. The van der Waals surface area contributed by atoms with Crippen LogP contribution in [-0.2, 0) is 6.18 Å². The summed E-state index contributed by atoms with van der Waals surface area (Å²) in [5.74, 6) is -1.17. The lowest BCUT2D eigenvalue weighted by atomic mass is 10.3. The largest absolute Gasteiger partial charge is 0.477 e. The van der Waals surface area contributed by atoms with Crippen molar-refractivity contribution < 1.29 is 22.3 Å². The molecule has 0 atom stereocenters. The molecule has 0 aliphatic heterocycles. The van der Waals surface area contributed by atoms with Crippen molar-refractivity contribution in [1.82, 2.24) is 9.97 Å². The smallest absolute Gasteiger partial charge is 0.423 e. The molecule has 2 aromatic rings. The molecule has 0 N–H and O–H groups in total. The van der Waals surface area contributed by atoms with Gasteiger partial charge in [0.2, 0.25) is 11.8 Å². The van der Waals surface area contributed by atoms with Gasteiger partial charge < -0.3 is 9.64 Å². The SMILES string of the molecule is CCCCOc1nc(N(C)c2ccccc2F)ncc1C(F)(F)F. The monoisotopic (exact) mass is 343 g/mol. The zero-order chi connectivity index (χ0) is 17.7. The Morgan fingerprint density at radius 3 is 2.54 bits per heavy atom. The van der Waals surface area contributed by atoms with Crippen molar-refractivity contribution in [2.45, 2.75) is 25.9 Å². The summed E-state index contributed by atoms with van der Waals surface area (Å²) in [5.41, 5.74) is -0.902. The van der Waals surface area contributed by atoms with Crippen molar-refractivity contribution in [2.24, 2.45) is 0 Å². The fraction of sp³-hybridized carbons (Fsp3) is 0.375. The van der Waals surface area contributed by atoms with Gasteiger partial charge in [0.25, 0.3) is 0 Å². The minimum atomic E-state index is -4.63. The summed E-state index contributed by atoms with van der Waals surface area (Å²) in [6.07, 6.45) is -2.61. The van der Waals surface area contributed by atoms with Gasteiger partial charge in [-0.15, -0.1) is 0 Å². The highest BCUT2D eigenvalue weighted by Crippen LogP contribution is 2.36. The molecule has 0 aliphatic rings. The number of rotatable bonds is 6. The molecule has 4 nitrogen and oxygen atoms in total. The quantitative estimate of drug-likeness (QED) is 0.568. The molecule has 1 aromatic heterocycles. The molecule has 0 aliphatic carbocycles. The van der Waals surface area contributed by atoms with Crippen LogP contribution in [0.25, 0.3) is 0 Å². The molecule has 0 saturated carbocycles. The van der Waals surface area contributed by atoms with Crippen LogP contribution in [0.5, 0.6) is 5.88 Å². The van der Waals surface area contributed by atoms with Crippen molar-refractivity contribution >= 4 is 11.6 Å². The van der Waals surface area contributed by atoms with Gasteiger partial charge >= 0.3 is 6.18 Å². The third-order valence-corrected chi connectivity index (χ3v) is 3.30. The Hall–Kier alpha value is -2.38. The maximum absolute atomic E-state index is 13.8. The Balaban J connectivity index is 2.38. The summed E-state index contributed by atoms with van der Waals surface area (Å²) in [5, 5.41) is 0. The molecule has 1 aromatic carbocycles. The molecular formula is C16H17F4N3O. The molecular weight excluding hydrogens is 326 g/mol. The van der Waals surface area contributed by atoms with Crippen LogP contribution in [0.3, 0.4) is 0 Å². The Morgan fingerprint density at radius 1 is 1.21 bits per heavy atom. The number of para-hydroxylation sites is 1. The zero-order valence-electron chi connectivity index (χ0n) is 13.3. The van der Waals surface area contributed by atoms with Gasteiger partial charge in [-0.2, -0.15) is 18.2 Å². The van der Waals surface area contributed by atoms with Gasteiger partial charge in [-0.3, -0.25) is 0 Å². The third kappa shape index (κ3) is 4.12. The van der Waals surface area contributed by atoms with E-state index in [1.165, 1.54) is 30.1 Å². The first kappa shape index (κ1) is 18.0. The lowest BCUT2D eigenvalue weighted by Gasteiger charge is -2.20. The van der Waals surface area contributed by atoms with Crippen LogP contribution in [0.1, 0.15) is 25.3 Å². The molecule has 0 spiro atoms. The number of benzene rings is 1. The van der Waals surface area contributed by atoms with Crippen LogP contribution in [-0.4, -0.2) is 23.6 Å². The third-order valence-electron chi connectivity index (χ3n) is 3.30. The van der Waals surface area contributed by atoms with E-state index in [-0.39, 0.29) is 18.2 Å². The summed E-state index contributed by atoms with van der Waals surface area (Å²) in [4.78, 5) is 8.80. The number of aromatic nitrogens is 2. The van der Waals surface area contributed by atoms with Gasteiger partial charge in [-0.25, -0.2) is 9.37 Å². The van der Waals surface area contributed by atoms with Gasteiger partial charge in [0.15, 0.2) is 0 Å². The van der Waals surface area contributed by atoms with E-state index in [0.29, 0.717) is 12.6 Å². The van der Waals surface area contributed by atoms with Crippen LogP contribution in [0, 0.1) is 5.82 Å². The first-order valence-electron chi connectivity index (χ1n) is 7.40. The minimum Gasteiger partial charge on any atom is -0.477 e. The number of halogens is 4. The average Bonchev–Trinajstić information content (AvgIpc) is 2.54. The van der Waals surface area contributed by atoms with Gasteiger partial charge in [-0.1, -0.05) is 25.5 Å². The average molecular weight is 343 g/mol. The molecule has 0 unspecified atom stereocenters. The van der Waals surface area contributed by atoms with E-state index in [4.69, 9.17) is 4.74 Å². The Labute approximate surface area is 137 Å². The molecule has 8 heteroatoms. The van der Waals surface area contributed by atoms with E-state index in [0.717, 1.165) is 6.42 Å². The molecule has 1 heterocycles. The molecule has 24 heavy (non-hydrogen) atoms. The number of unbranched alkanes of at least 4 members (excludes halogenated alkanes) is 1. The number of anilines is 2. The fourth-order valence-electron chi connectivity index (χ4n) is 1.97. The van der Waals surface area contributed by atoms with Crippen molar-refractivity contribution in [3.8, 4) is 5.88 Å². The standard InChI is InChI=1S/C16H17F4N3O/c1-3-4-9-24-14-11(16(18,19)20)10-21-15(22-14)23(2)13-8-6-5-7-12(13)17/h5-8,10H,3-4,9H2,1-2H3. The van der Waals surface area contributed by atoms with Crippen molar-refractivity contribution in [1.29, 1.82) is 0 Å². The maximum Gasteiger partial charge on any atom is 0.423 e. The van der Waals surface area contributed by atoms with Crippen LogP contribution in [0.2, 0.25) is 0 Å². The lowest BCUT2D eigenvalue weighted by molar-refractivity contribution is -0.139. The summed E-state index contributed by atoms with van der Waals surface area (Å²) in [6.45, 7) is 2.00.